The zero-order valence-electron chi connectivity index (χ0n) is 14.3. The largest absolute Gasteiger partial charge is 0.469 e. The number of ether oxygens (including phenoxy) is 1. The molecule has 0 aromatic heterocycles. The number of rotatable bonds is 7. The van der Waals surface area contributed by atoms with Gasteiger partial charge in [0.1, 0.15) is 0 Å². The molecule has 3 atom stereocenters. The van der Waals surface area contributed by atoms with E-state index in [1.807, 2.05) is 43.3 Å². The Labute approximate surface area is 143 Å². The third-order valence-electron chi connectivity index (χ3n) is 4.31. The Morgan fingerprint density at radius 2 is 2.12 bits per heavy atom. The van der Waals surface area contributed by atoms with Gasteiger partial charge in [0.2, 0.25) is 5.91 Å². The molecule has 0 aliphatic carbocycles. The summed E-state index contributed by atoms with van der Waals surface area (Å²) < 4.78 is 4.64. The van der Waals surface area contributed by atoms with Crippen LogP contribution < -0.4 is 10.6 Å². The van der Waals surface area contributed by atoms with E-state index < -0.39 is 0 Å². The molecular formula is C19H26N2O3. The molecule has 1 fully saturated rings. The fourth-order valence-electron chi connectivity index (χ4n) is 2.91. The molecule has 130 valence electrons. The maximum absolute atomic E-state index is 12.5. The summed E-state index contributed by atoms with van der Waals surface area (Å²) in [6.45, 7) is 2.93. The first-order valence-corrected chi connectivity index (χ1v) is 8.44. The van der Waals surface area contributed by atoms with Gasteiger partial charge >= 0.3 is 5.97 Å². The minimum absolute atomic E-state index is 0.0366. The molecule has 2 N–H and O–H groups in total. The van der Waals surface area contributed by atoms with Crippen molar-refractivity contribution in [1.82, 2.24) is 10.6 Å². The fraction of sp³-hybridized carbons (Fsp3) is 0.474. The molecule has 1 unspecified atom stereocenters. The maximum Gasteiger partial charge on any atom is 0.309 e. The van der Waals surface area contributed by atoms with Gasteiger partial charge in [-0.05, 0) is 30.9 Å². The summed E-state index contributed by atoms with van der Waals surface area (Å²) in [6, 6.07) is 9.67. The number of methoxy groups -OCH3 is 1. The Morgan fingerprint density at radius 3 is 2.75 bits per heavy atom. The molecule has 0 radical (unpaired) electrons. The van der Waals surface area contributed by atoms with Gasteiger partial charge in [-0.25, -0.2) is 0 Å². The molecule has 1 amide bonds. The van der Waals surface area contributed by atoms with Gasteiger partial charge in [-0.2, -0.15) is 0 Å². The lowest BCUT2D eigenvalue weighted by atomic mass is 9.93. The second kappa shape index (κ2) is 9.23. The van der Waals surface area contributed by atoms with Crippen LogP contribution in [0.25, 0.3) is 0 Å². The summed E-state index contributed by atoms with van der Waals surface area (Å²) in [5.41, 5.74) is 1.05. The van der Waals surface area contributed by atoms with Crippen molar-refractivity contribution in [1.29, 1.82) is 0 Å². The van der Waals surface area contributed by atoms with Crippen LogP contribution in [-0.4, -0.2) is 31.6 Å². The highest BCUT2D eigenvalue weighted by atomic mass is 16.5. The van der Waals surface area contributed by atoms with Crippen LogP contribution in [0, 0.1) is 5.92 Å². The van der Waals surface area contributed by atoms with E-state index in [4.69, 9.17) is 0 Å². The lowest BCUT2D eigenvalue weighted by molar-refractivity contribution is -0.139. The van der Waals surface area contributed by atoms with Crippen LogP contribution >= 0.6 is 0 Å². The minimum atomic E-state index is -0.270. The molecule has 1 aliphatic heterocycles. The zero-order chi connectivity index (χ0) is 17.4. The van der Waals surface area contributed by atoms with E-state index in [1.165, 1.54) is 7.11 Å². The minimum Gasteiger partial charge on any atom is -0.469 e. The Kier molecular flexibility index (Phi) is 7.00. The Hall–Kier alpha value is -2.14. The predicted octanol–water partition coefficient (Wildman–Crippen LogP) is 2.35. The smallest absolute Gasteiger partial charge is 0.309 e. The Morgan fingerprint density at radius 1 is 1.38 bits per heavy atom. The van der Waals surface area contributed by atoms with Crippen LogP contribution in [-0.2, 0) is 14.3 Å². The van der Waals surface area contributed by atoms with E-state index in [1.54, 1.807) is 6.08 Å². The van der Waals surface area contributed by atoms with Crippen LogP contribution in [0.1, 0.15) is 37.8 Å². The molecule has 0 bridgehead atoms. The summed E-state index contributed by atoms with van der Waals surface area (Å²) in [7, 11) is 1.38. The SMILES string of the molecule is COC(=O)C/C=C/[C@@H](C)[C@H](NC(=O)C1CCCN1)c1ccccc1. The topological polar surface area (TPSA) is 67.4 Å². The van der Waals surface area contributed by atoms with Crippen molar-refractivity contribution in [2.75, 3.05) is 13.7 Å². The summed E-state index contributed by atoms with van der Waals surface area (Å²) in [5, 5.41) is 6.38. The van der Waals surface area contributed by atoms with Crippen LogP contribution in [0.3, 0.4) is 0 Å². The van der Waals surface area contributed by atoms with E-state index in [9.17, 15) is 9.59 Å². The Bertz CT molecular complexity index is 565. The normalized spacial score (nSPS) is 19.8. The van der Waals surface area contributed by atoms with E-state index in [0.717, 1.165) is 24.9 Å². The van der Waals surface area contributed by atoms with Gasteiger partial charge in [-0.15, -0.1) is 0 Å². The van der Waals surface area contributed by atoms with Gasteiger partial charge in [0.15, 0.2) is 0 Å². The third-order valence-corrected chi connectivity index (χ3v) is 4.31. The lowest BCUT2D eigenvalue weighted by Crippen LogP contribution is -2.43. The highest BCUT2D eigenvalue weighted by Gasteiger charge is 2.26. The number of esters is 1. The first-order valence-electron chi connectivity index (χ1n) is 8.44. The molecule has 1 aromatic carbocycles. The molecule has 1 aliphatic rings. The van der Waals surface area contributed by atoms with Crippen LogP contribution in [0.2, 0.25) is 0 Å². The molecule has 0 saturated carbocycles. The number of hydrogen-bond acceptors (Lipinski definition) is 4. The van der Waals surface area contributed by atoms with Crippen molar-refractivity contribution < 1.29 is 14.3 Å². The monoisotopic (exact) mass is 330 g/mol. The zero-order valence-corrected chi connectivity index (χ0v) is 14.3. The van der Waals surface area contributed by atoms with Crippen molar-refractivity contribution in [3.8, 4) is 0 Å². The van der Waals surface area contributed by atoms with Crippen LogP contribution in [0.4, 0.5) is 0 Å². The number of hydrogen-bond donors (Lipinski definition) is 2. The second-order valence-electron chi connectivity index (χ2n) is 6.11. The van der Waals surface area contributed by atoms with E-state index >= 15 is 0 Å². The molecule has 0 spiro atoms. The summed E-state index contributed by atoms with van der Waals surface area (Å²) in [4.78, 5) is 23.7. The molecule has 1 aromatic rings. The molecular weight excluding hydrogens is 304 g/mol. The van der Waals surface area contributed by atoms with Crippen LogP contribution in [0.15, 0.2) is 42.5 Å². The highest BCUT2D eigenvalue weighted by molar-refractivity contribution is 5.82. The predicted molar refractivity (Wildman–Crippen MR) is 93.3 cm³/mol. The number of benzene rings is 1. The van der Waals surface area contributed by atoms with Gasteiger partial charge < -0.3 is 15.4 Å². The molecule has 5 heteroatoms. The first-order chi connectivity index (χ1) is 11.6. The van der Waals surface area contributed by atoms with Gasteiger partial charge in [0, 0.05) is 0 Å². The summed E-state index contributed by atoms with van der Waals surface area (Å²) in [5.74, 6) is -0.175. The highest BCUT2D eigenvalue weighted by Crippen LogP contribution is 2.24. The summed E-state index contributed by atoms with van der Waals surface area (Å²) in [6.07, 6.45) is 5.90. The van der Waals surface area contributed by atoms with E-state index in [2.05, 4.69) is 15.4 Å². The Balaban J connectivity index is 2.07. The van der Waals surface area contributed by atoms with Crippen LogP contribution in [0.5, 0.6) is 0 Å². The molecule has 5 nitrogen and oxygen atoms in total. The van der Waals surface area contributed by atoms with E-state index in [0.29, 0.717) is 0 Å². The number of carbonyl (C=O) groups excluding carboxylic acids is 2. The van der Waals surface area contributed by atoms with Crippen molar-refractivity contribution in [2.45, 2.75) is 38.3 Å². The molecule has 2 rings (SSSR count). The number of nitrogens with one attached hydrogen (secondary N) is 2. The molecule has 1 saturated heterocycles. The van der Waals surface area contributed by atoms with Crippen molar-refractivity contribution in [2.24, 2.45) is 5.92 Å². The van der Waals surface area contributed by atoms with Crippen molar-refractivity contribution in [3.05, 3.63) is 48.0 Å². The van der Waals surface area contributed by atoms with Gasteiger partial charge in [-0.1, -0.05) is 49.4 Å². The molecule has 24 heavy (non-hydrogen) atoms. The summed E-state index contributed by atoms with van der Waals surface area (Å²) >= 11 is 0. The number of carbonyl (C=O) groups is 2. The number of amides is 1. The average Bonchev–Trinajstić information content (AvgIpc) is 3.14. The van der Waals surface area contributed by atoms with Gasteiger partial charge in [0.05, 0.1) is 25.6 Å². The lowest BCUT2D eigenvalue weighted by Gasteiger charge is -2.25. The third kappa shape index (κ3) is 5.20. The average molecular weight is 330 g/mol. The quantitative estimate of drug-likeness (QED) is 0.595. The second-order valence-corrected chi connectivity index (χ2v) is 6.11. The standard InChI is InChI=1S/C19H26N2O3/c1-14(8-6-12-17(22)24-2)18(15-9-4-3-5-10-15)21-19(23)16-11-7-13-20-16/h3-6,8-10,14,16,18,20H,7,11-13H2,1-2H3,(H,21,23)/b8-6+/t14-,16?,18+/m1/s1. The van der Waals surface area contributed by atoms with Crippen molar-refractivity contribution in [3.63, 3.8) is 0 Å². The van der Waals surface area contributed by atoms with Gasteiger partial charge in [-0.3, -0.25) is 9.59 Å². The van der Waals surface area contributed by atoms with E-state index in [-0.39, 0.29) is 36.3 Å². The maximum atomic E-state index is 12.5. The molecule has 1 heterocycles. The first kappa shape index (κ1) is 18.2. The van der Waals surface area contributed by atoms with Gasteiger partial charge in [0.25, 0.3) is 0 Å². The van der Waals surface area contributed by atoms with Crippen molar-refractivity contribution >= 4 is 11.9 Å². The fourth-order valence-corrected chi connectivity index (χ4v) is 2.91.